The van der Waals surface area contributed by atoms with Crippen molar-refractivity contribution < 1.29 is 0 Å². The molecule has 1 atom stereocenters. The van der Waals surface area contributed by atoms with Crippen molar-refractivity contribution in [2.24, 2.45) is 16.1 Å². The fraction of sp³-hybridized carbons (Fsp3) is 0.692. The van der Waals surface area contributed by atoms with Crippen LogP contribution >= 0.6 is 0 Å². The fourth-order valence-corrected chi connectivity index (χ4v) is 2.21. The summed E-state index contributed by atoms with van der Waals surface area (Å²) in [4.78, 5) is 0. The number of nitrogens with one attached hydrogen (secondary N) is 1. The lowest BCUT2D eigenvalue weighted by atomic mass is 9.87. The van der Waals surface area contributed by atoms with Crippen LogP contribution in [0.2, 0.25) is 0 Å². The molecule has 1 rings (SSSR count). The highest BCUT2D eigenvalue weighted by atomic mass is 15.2. The third-order valence-electron chi connectivity index (χ3n) is 3.15. The second-order valence-corrected chi connectivity index (χ2v) is 4.58. The second-order valence-electron chi connectivity index (χ2n) is 4.58. The van der Waals surface area contributed by atoms with Gasteiger partial charge < -0.3 is 5.32 Å². The van der Waals surface area contributed by atoms with Crippen LogP contribution in [-0.2, 0) is 0 Å². The Morgan fingerprint density at radius 1 is 1.44 bits per heavy atom. The average Bonchev–Trinajstić information content (AvgIpc) is 2.30. The van der Waals surface area contributed by atoms with Gasteiger partial charge in [0.25, 0.3) is 0 Å². The Bertz CT molecular complexity index is 252. The van der Waals surface area contributed by atoms with Gasteiger partial charge in [0.05, 0.1) is 0 Å². The molecule has 0 amide bonds. The zero-order valence-corrected chi connectivity index (χ0v) is 10.3. The molecule has 3 heteroatoms. The second kappa shape index (κ2) is 7.20. The predicted molar refractivity (Wildman–Crippen MR) is 71.0 cm³/mol. The molecule has 0 aromatic carbocycles. The molecule has 1 saturated carbocycles. The smallest absolute Gasteiger partial charge is 0.0290 e. The SMILES string of the molecule is C=N/N=C\CC(C)NC(=C)C1CCCCC1. The van der Waals surface area contributed by atoms with Gasteiger partial charge in [-0.05, 0) is 25.7 Å². The van der Waals surface area contributed by atoms with Gasteiger partial charge in [0.1, 0.15) is 0 Å². The molecule has 0 spiro atoms. The molecule has 0 aliphatic heterocycles. The van der Waals surface area contributed by atoms with Gasteiger partial charge in [-0.1, -0.05) is 25.8 Å². The molecular weight excluding hydrogens is 198 g/mol. The molecule has 1 N–H and O–H groups in total. The van der Waals surface area contributed by atoms with Crippen LogP contribution in [0.4, 0.5) is 0 Å². The minimum absolute atomic E-state index is 0.375. The van der Waals surface area contributed by atoms with E-state index in [2.05, 4.69) is 35.7 Å². The highest BCUT2D eigenvalue weighted by Gasteiger charge is 2.17. The number of hydrogen-bond donors (Lipinski definition) is 1. The molecule has 1 aliphatic carbocycles. The molecular formula is C13H23N3. The molecule has 0 radical (unpaired) electrons. The zero-order valence-electron chi connectivity index (χ0n) is 10.3. The Morgan fingerprint density at radius 3 is 2.75 bits per heavy atom. The maximum absolute atomic E-state index is 4.16. The van der Waals surface area contributed by atoms with Crippen molar-refractivity contribution >= 4 is 12.9 Å². The van der Waals surface area contributed by atoms with Crippen molar-refractivity contribution in [1.82, 2.24) is 5.32 Å². The number of hydrogen-bond acceptors (Lipinski definition) is 3. The third-order valence-corrected chi connectivity index (χ3v) is 3.15. The topological polar surface area (TPSA) is 36.8 Å². The van der Waals surface area contributed by atoms with Gasteiger partial charge in [0.15, 0.2) is 0 Å². The highest BCUT2D eigenvalue weighted by Crippen LogP contribution is 2.27. The molecule has 90 valence electrons. The van der Waals surface area contributed by atoms with E-state index in [1.165, 1.54) is 37.8 Å². The monoisotopic (exact) mass is 221 g/mol. The lowest BCUT2D eigenvalue weighted by Gasteiger charge is -2.26. The Morgan fingerprint density at radius 2 is 2.12 bits per heavy atom. The highest BCUT2D eigenvalue weighted by molar-refractivity contribution is 5.58. The number of nitrogens with zero attached hydrogens (tertiary/aromatic N) is 2. The van der Waals surface area contributed by atoms with Gasteiger partial charge in [-0.25, -0.2) is 0 Å². The summed E-state index contributed by atoms with van der Waals surface area (Å²) >= 11 is 0. The molecule has 16 heavy (non-hydrogen) atoms. The van der Waals surface area contributed by atoms with Gasteiger partial charge >= 0.3 is 0 Å². The fourth-order valence-electron chi connectivity index (χ4n) is 2.21. The van der Waals surface area contributed by atoms with Gasteiger partial charge in [0, 0.05) is 31.1 Å². The first kappa shape index (κ1) is 12.9. The Kier molecular flexibility index (Phi) is 5.83. The quantitative estimate of drug-likeness (QED) is 0.543. The summed E-state index contributed by atoms with van der Waals surface area (Å²) in [5, 5.41) is 10.7. The first-order valence-electron chi connectivity index (χ1n) is 6.17. The van der Waals surface area contributed by atoms with E-state index in [1.54, 1.807) is 6.21 Å². The predicted octanol–water partition coefficient (Wildman–Crippen LogP) is 3.14. The Hall–Kier alpha value is -1.12. The van der Waals surface area contributed by atoms with Crippen LogP contribution in [0.3, 0.4) is 0 Å². The molecule has 0 saturated heterocycles. The van der Waals surface area contributed by atoms with E-state index in [9.17, 15) is 0 Å². The maximum Gasteiger partial charge on any atom is 0.0290 e. The van der Waals surface area contributed by atoms with Crippen molar-refractivity contribution in [3.63, 3.8) is 0 Å². The van der Waals surface area contributed by atoms with Crippen molar-refractivity contribution in [3.8, 4) is 0 Å². The molecule has 3 nitrogen and oxygen atoms in total. The molecule has 1 unspecified atom stereocenters. The number of rotatable bonds is 6. The van der Waals surface area contributed by atoms with Gasteiger partial charge in [-0.2, -0.15) is 10.2 Å². The maximum atomic E-state index is 4.16. The van der Waals surface area contributed by atoms with E-state index in [4.69, 9.17) is 0 Å². The summed E-state index contributed by atoms with van der Waals surface area (Å²) < 4.78 is 0. The van der Waals surface area contributed by atoms with E-state index in [1.807, 2.05) is 0 Å². The summed E-state index contributed by atoms with van der Waals surface area (Å²) in [6.07, 6.45) is 9.32. The van der Waals surface area contributed by atoms with Crippen molar-refractivity contribution in [3.05, 3.63) is 12.3 Å². The Balaban J connectivity index is 2.26. The molecule has 0 heterocycles. The van der Waals surface area contributed by atoms with E-state index in [0.29, 0.717) is 12.0 Å². The Labute approximate surface area is 98.7 Å². The van der Waals surface area contributed by atoms with Crippen LogP contribution in [0.1, 0.15) is 45.4 Å². The van der Waals surface area contributed by atoms with E-state index in [-0.39, 0.29) is 0 Å². The summed E-state index contributed by atoms with van der Waals surface area (Å²) in [6.45, 7) is 9.60. The van der Waals surface area contributed by atoms with Crippen LogP contribution in [0.15, 0.2) is 22.5 Å². The normalized spacial score (nSPS) is 19.6. The van der Waals surface area contributed by atoms with Crippen LogP contribution < -0.4 is 5.32 Å². The molecule has 0 bridgehead atoms. The largest absolute Gasteiger partial charge is 0.386 e. The summed E-state index contributed by atoms with van der Waals surface area (Å²) in [5.41, 5.74) is 1.20. The summed E-state index contributed by atoms with van der Waals surface area (Å²) in [7, 11) is 0. The van der Waals surface area contributed by atoms with Crippen LogP contribution in [0, 0.1) is 5.92 Å². The van der Waals surface area contributed by atoms with Crippen molar-refractivity contribution in [2.45, 2.75) is 51.5 Å². The van der Waals surface area contributed by atoms with Gasteiger partial charge in [0.2, 0.25) is 0 Å². The van der Waals surface area contributed by atoms with E-state index < -0.39 is 0 Å². The molecule has 1 aliphatic rings. The first-order valence-corrected chi connectivity index (χ1v) is 6.17. The lowest BCUT2D eigenvalue weighted by molar-refractivity contribution is 0.379. The summed E-state index contributed by atoms with van der Waals surface area (Å²) in [6, 6.07) is 0.375. The van der Waals surface area contributed by atoms with Crippen LogP contribution in [-0.4, -0.2) is 19.0 Å². The van der Waals surface area contributed by atoms with Gasteiger partial charge in [-0.15, -0.1) is 0 Å². The van der Waals surface area contributed by atoms with E-state index >= 15 is 0 Å². The van der Waals surface area contributed by atoms with Crippen molar-refractivity contribution in [2.75, 3.05) is 0 Å². The molecule has 1 fully saturated rings. The van der Waals surface area contributed by atoms with Crippen LogP contribution in [0.5, 0.6) is 0 Å². The lowest BCUT2D eigenvalue weighted by Crippen LogP contribution is -2.29. The van der Waals surface area contributed by atoms with E-state index in [0.717, 1.165) is 6.42 Å². The minimum atomic E-state index is 0.375. The molecule has 0 aromatic rings. The number of allylic oxidation sites excluding steroid dienone is 1. The standard InChI is InChI=1S/C13H23N3/c1-11(9-10-15-14-3)16-12(2)13-7-5-4-6-8-13/h10-11,13,16H,2-9H2,1H3/b15-10-. The average molecular weight is 221 g/mol. The summed E-state index contributed by atoms with van der Waals surface area (Å²) in [5.74, 6) is 0.672. The van der Waals surface area contributed by atoms with Gasteiger partial charge in [-0.3, -0.25) is 0 Å². The van der Waals surface area contributed by atoms with Crippen LogP contribution in [0.25, 0.3) is 0 Å². The first-order chi connectivity index (χ1) is 7.74. The molecule has 0 aromatic heterocycles. The minimum Gasteiger partial charge on any atom is -0.386 e. The zero-order chi connectivity index (χ0) is 11.8. The van der Waals surface area contributed by atoms with Crippen molar-refractivity contribution in [1.29, 1.82) is 0 Å². The third kappa shape index (κ3) is 4.60.